The van der Waals surface area contributed by atoms with Gasteiger partial charge in [0.25, 0.3) is 11.4 Å². The summed E-state index contributed by atoms with van der Waals surface area (Å²) in [6.07, 6.45) is 0. The summed E-state index contributed by atoms with van der Waals surface area (Å²) in [5, 5.41) is 25.6. The number of hydrogen-bond acceptors (Lipinski definition) is 7. The molecule has 0 aromatic heterocycles. The van der Waals surface area contributed by atoms with Crippen molar-refractivity contribution in [3.63, 3.8) is 0 Å². The number of ether oxygens (including phenoxy) is 1. The van der Waals surface area contributed by atoms with Gasteiger partial charge in [0, 0.05) is 25.7 Å². The first kappa shape index (κ1) is 18.7. The van der Waals surface area contributed by atoms with Crippen molar-refractivity contribution in [2.24, 2.45) is 0 Å². The fraction of sp³-hybridized carbons (Fsp3) is 0.333. The molecule has 9 nitrogen and oxygen atoms in total. The topological polar surface area (TPSA) is 111 Å². The molecule has 2 aromatic carbocycles. The Bertz CT molecular complexity index is 809. The van der Waals surface area contributed by atoms with E-state index < -0.39 is 9.85 Å². The molecule has 0 aliphatic carbocycles. The van der Waals surface area contributed by atoms with Gasteiger partial charge in [-0.25, -0.2) is 0 Å². The van der Waals surface area contributed by atoms with Crippen LogP contribution >= 0.6 is 0 Å². The molecular formula is C18H20N4O5. The molecule has 0 amide bonds. The Balaban J connectivity index is 1.89. The molecule has 1 heterocycles. The summed E-state index contributed by atoms with van der Waals surface area (Å²) in [4.78, 5) is 23.3. The maximum Gasteiger partial charge on any atom is 0.299 e. The van der Waals surface area contributed by atoms with Gasteiger partial charge in [0.1, 0.15) is 5.69 Å². The van der Waals surface area contributed by atoms with Crippen molar-refractivity contribution in [1.29, 1.82) is 0 Å². The second kappa shape index (κ2) is 8.56. The third kappa shape index (κ3) is 4.78. The average molecular weight is 372 g/mol. The van der Waals surface area contributed by atoms with Crippen LogP contribution in [0.1, 0.15) is 11.6 Å². The highest BCUT2D eigenvalue weighted by Gasteiger charge is 2.24. The first-order chi connectivity index (χ1) is 13.0. The molecule has 0 radical (unpaired) electrons. The summed E-state index contributed by atoms with van der Waals surface area (Å²) in [6, 6.07) is 13.1. The van der Waals surface area contributed by atoms with Crippen molar-refractivity contribution in [3.8, 4) is 0 Å². The number of non-ortho nitro benzene ring substituents is 1. The molecule has 142 valence electrons. The smallest absolute Gasteiger partial charge is 0.299 e. The Morgan fingerprint density at radius 3 is 2.37 bits per heavy atom. The largest absolute Gasteiger partial charge is 0.379 e. The van der Waals surface area contributed by atoms with Gasteiger partial charge in [0.05, 0.1) is 35.2 Å². The Kier molecular flexibility index (Phi) is 5.94. The Morgan fingerprint density at radius 2 is 1.74 bits per heavy atom. The molecule has 1 N–H and O–H groups in total. The molecule has 1 atom stereocenters. The van der Waals surface area contributed by atoms with Gasteiger partial charge in [0.2, 0.25) is 0 Å². The first-order valence-electron chi connectivity index (χ1n) is 8.59. The normalized spacial score (nSPS) is 15.9. The van der Waals surface area contributed by atoms with E-state index in [9.17, 15) is 20.2 Å². The zero-order valence-corrected chi connectivity index (χ0v) is 14.6. The predicted molar refractivity (Wildman–Crippen MR) is 99.8 cm³/mol. The number of morpholine rings is 1. The van der Waals surface area contributed by atoms with Gasteiger partial charge in [-0.3, -0.25) is 25.1 Å². The van der Waals surface area contributed by atoms with Crippen LogP contribution in [-0.4, -0.2) is 47.6 Å². The van der Waals surface area contributed by atoms with Gasteiger partial charge in [-0.05, 0) is 11.6 Å². The zero-order valence-electron chi connectivity index (χ0n) is 14.6. The molecule has 1 aliphatic rings. The summed E-state index contributed by atoms with van der Waals surface area (Å²) in [6.45, 7) is 3.51. The number of nitrogens with zero attached hydrogens (tertiary/aromatic N) is 3. The second-order valence-corrected chi connectivity index (χ2v) is 6.24. The van der Waals surface area contributed by atoms with Gasteiger partial charge in [-0.1, -0.05) is 30.3 Å². The standard InChI is InChI=1S/C18H20N4O5/c23-21(24)15-6-7-16(18(12-15)22(25)26)19-17(14-4-2-1-3-5-14)13-20-8-10-27-11-9-20/h1-7,12,17,19H,8-11,13H2. The van der Waals surface area contributed by atoms with Crippen molar-refractivity contribution >= 4 is 17.1 Å². The maximum atomic E-state index is 11.4. The third-order valence-electron chi connectivity index (χ3n) is 4.46. The first-order valence-corrected chi connectivity index (χ1v) is 8.59. The number of rotatable bonds is 7. The molecular weight excluding hydrogens is 352 g/mol. The monoisotopic (exact) mass is 372 g/mol. The summed E-state index contributed by atoms with van der Waals surface area (Å²) in [5.74, 6) is 0. The van der Waals surface area contributed by atoms with Crippen LogP contribution in [0.25, 0.3) is 0 Å². The van der Waals surface area contributed by atoms with Gasteiger partial charge < -0.3 is 10.1 Å². The van der Waals surface area contributed by atoms with E-state index in [0.29, 0.717) is 19.8 Å². The van der Waals surface area contributed by atoms with Crippen LogP contribution in [-0.2, 0) is 4.74 Å². The van der Waals surface area contributed by atoms with Crippen LogP contribution in [0.3, 0.4) is 0 Å². The lowest BCUT2D eigenvalue weighted by Crippen LogP contribution is -2.40. The van der Waals surface area contributed by atoms with E-state index in [-0.39, 0.29) is 23.1 Å². The van der Waals surface area contributed by atoms with Gasteiger partial charge >= 0.3 is 0 Å². The minimum Gasteiger partial charge on any atom is -0.379 e. The SMILES string of the molecule is O=[N+]([O-])c1ccc(NC(CN2CCOCC2)c2ccccc2)c([N+](=O)[O-])c1. The molecule has 27 heavy (non-hydrogen) atoms. The number of nitro benzene ring substituents is 2. The highest BCUT2D eigenvalue weighted by Crippen LogP contribution is 2.32. The van der Waals surface area contributed by atoms with Crippen LogP contribution in [0.2, 0.25) is 0 Å². The fourth-order valence-corrected chi connectivity index (χ4v) is 3.06. The Morgan fingerprint density at radius 1 is 1.04 bits per heavy atom. The minimum atomic E-state index is -0.640. The summed E-state index contributed by atoms with van der Waals surface area (Å²) >= 11 is 0. The zero-order chi connectivity index (χ0) is 19.2. The average Bonchev–Trinajstić information content (AvgIpc) is 2.69. The van der Waals surface area contributed by atoms with E-state index in [1.54, 1.807) is 0 Å². The van der Waals surface area contributed by atoms with Crippen LogP contribution in [0.15, 0.2) is 48.5 Å². The number of anilines is 1. The molecule has 3 rings (SSSR count). The van der Waals surface area contributed by atoms with Crippen molar-refractivity contribution < 1.29 is 14.6 Å². The molecule has 0 spiro atoms. The molecule has 0 bridgehead atoms. The van der Waals surface area contributed by atoms with Gasteiger partial charge in [0.15, 0.2) is 0 Å². The second-order valence-electron chi connectivity index (χ2n) is 6.24. The molecule has 2 aromatic rings. The van der Waals surface area contributed by atoms with Crippen LogP contribution in [0, 0.1) is 20.2 Å². The summed E-state index contributed by atoms with van der Waals surface area (Å²) in [7, 11) is 0. The van der Waals surface area contributed by atoms with Gasteiger partial charge in [-0.15, -0.1) is 0 Å². The van der Waals surface area contributed by atoms with Crippen LogP contribution < -0.4 is 5.32 Å². The molecule has 9 heteroatoms. The summed E-state index contributed by atoms with van der Waals surface area (Å²) < 4.78 is 5.38. The van der Waals surface area contributed by atoms with Crippen LogP contribution in [0.5, 0.6) is 0 Å². The highest BCUT2D eigenvalue weighted by molar-refractivity contribution is 5.66. The Hall–Kier alpha value is -3.04. The van der Waals surface area contributed by atoms with Crippen molar-refractivity contribution in [2.45, 2.75) is 6.04 Å². The van der Waals surface area contributed by atoms with Crippen molar-refractivity contribution in [1.82, 2.24) is 4.90 Å². The van der Waals surface area contributed by atoms with Crippen molar-refractivity contribution in [3.05, 3.63) is 74.3 Å². The molecule has 1 aliphatic heterocycles. The van der Waals surface area contributed by atoms with E-state index in [0.717, 1.165) is 24.7 Å². The van der Waals surface area contributed by atoms with Gasteiger partial charge in [-0.2, -0.15) is 0 Å². The fourth-order valence-electron chi connectivity index (χ4n) is 3.06. The molecule has 1 fully saturated rings. The predicted octanol–water partition coefficient (Wildman–Crippen LogP) is 2.99. The van der Waals surface area contributed by atoms with E-state index in [1.807, 2.05) is 30.3 Å². The number of nitro groups is 2. The van der Waals surface area contributed by atoms with E-state index in [4.69, 9.17) is 4.74 Å². The third-order valence-corrected chi connectivity index (χ3v) is 4.46. The number of benzene rings is 2. The lowest BCUT2D eigenvalue weighted by atomic mass is 10.1. The lowest BCUT2D eigenvalue weighted by molar-refractivity contribution is -0.393. The summed E-state index contributed by atoms with van der Waals surface area (Å²) in [5.41, 5.74) is 0.619. The number of nitrogens with one attached hydrogen (secondary N) is 1. The maximum absolute atomic E-state index is 11.4. The number of hydrogen-bond donors (Lipinski definition) is 1. The molecule has 1 saturated heterocycles. The quantitative estimate of drug-likeness (QED) is 0.587. The molecule has 1 unspecified atom stereocenters. The van der Waals surface area contributed by atoms with E-state index in [2.05, 4.69) is 10.2 Å². The Labute approximate surface area is 155 Å². The van der Waals surface area contributed by atoms with E-state index >= 15 is 0 Å². The lowest BCUT2D eigenvalue weighted by Gasteiger charge is -2.31. The highest BCUT2D eigenvalue weighted by atomic mass is 16.6. The van der Waals surface area contributed by atoms with E-state index in [1.165, 1.54) is 12.1 Å². The molecule has 0 saturated carbocycles. The van der Waals surface area contributed by atoms with Crippen molar-refractivity contribution in [2.75, 3.05) is 38.2 Å². The van der Waals surface area contributed by atoms with Crippen LogP contribution in [0.4, 0.5) is 17.1 Å². The minimum absolute atomic E-state index is 0.204.